The first kappa shape index (κ1) is 13.8. The van der Waals surface area contributed by atoms with Crippen molar-refractivity contribution in [3.05, 3.63) is 60.2 Å². The van der Waals surface area contributed by atoms with Gasteiger partial charge in [-0.2, -0.15) is 0 Å². The second-order valence-corrected chi connectivity index (χ2v) is 4.20. The van der Waals surface area contributed by atoms with Crippen molar-refractivity contribution in [1.82, 2.24) is 5.32 Å². The third kappa shape index (κ3) is 3.45. The maximum atomic E-state index is 11.8. The average Bonchev–Trinajstić information content (AvgIpc) is 2.53. The molecule has 2 aromatic carbocycles. The highest BCUT2D eigenvalue weighted by atomic mass is 16.5. The number of amides is 1. The molecule has 0 aromatic heterocycles. The van der Waals surface area contributed by atoms with Crippen LogP contribution in [0.2, 0.25) is 0 Å². The lowest BCUT2D eigenvalue weighted by Gasteiger charge is -2.05. The van der Waals surface area contributed by atoms with E-state index >= 15 is 0 Å². The molecule has 0 atom stereocenters. The lowest BCUT2D eigenvalue weighted by molar-refractivity contribution is -0.139. The molecule has 0 heterocycles. The molecule has 4 heteroatoms. The van der Waals surface area contributed by atoms with E-state index in [1.807, 2.05) is 42.5 Å². The van der Waals surface area contributed by atoms with Crippen LogP contribution in [-0.2, 0) is 9.53 Å². The van der Waals surface area contributed by atoms with E-state index in [-0.39, 0.29) is 12.5 Å². The largest absolute Gasteiger partial charge is 0.468 e. The summed E-state index contributed by atoms with van der Waals surface area (Å²) in [6, 6.07) is 17.1. The van der Waals surface area contributed by atoms with Gasteiger partial charge in [-0.15, -0.1) is 0 Å². The minimum atomic E-state index is -0.473. The molecule has 0 saturated heterocycles. The molecular weight excluding hydrogens is 254 g/mol. The number of ether oxygens (including phenoxy) is 1. The highest BCUT2D eigenvalue weighted by Crippen LogP contribution is 2.19. The Hall–Kier alpha value is -2.62. The van der Waals surface area contributed by atoms with Gasteiger partial charge in [0, 0.05) is 5.56 Å². The minimum absolute atomic E-state index is 0.129. The molecule has 1 amide bonds. The fourth-order valence-corrected chi connectivity index (χ4v) is 1.77. The Bertz CT molecular complexity index is 591. The third-order valence-electron chi connectivity index (χ3n) is 2.88. The van der Waals surface area contributed by atoms with Gasteiger partial charge in [0.05, 0.1) is 7.11 Å². The van der Waals surface area contributed by atoms with Crippen LogP contribution < -0.4 is 5.32 Å². The Kier molecular flexibility index (Phi) is 4.50. The number of carbonyl (C=O) groups is 2. The highest BCUT2D eigenvalue weighted by Gasteiger charge is 2.08. The van der Waals surface area contributed by atoms with Crippen molar-refractivity contribution in [2.45, 2.75) is 0 Å². The molecule has 4 nitrogen and oxygen atoms in total. The van der Waals surface area contributed by atoms with Gasteiger partial charge in [-0.3, -0.25) is 9.59 Å². The van der Waals surface area contributed by atoms with E-state index in [1.165, 1.54) is 7.11 Å². The van der Waals surface area contributed by atoms with Crippen LogP contribution in [0.1, 0.15) is 10.4 Å². The fraction of sp³-hybridized carbons (Fsp3) is 0.125. The summed E-state index contributed by atoms with van der Waals surface area (Å²) in [6.07, 6.45) is 0. The van der Waals surface area contributed by atoms with Crippen LogP contribution in [0, 0.1) is 0 Å². The van der Waals surface area contributed by atoms with Gasteiger partial charge in [-0.25, -0.2) is 0 Å². The standard InChI is InChI=1S/C16H15NO3/c1-20-15(18)11-17-16(19)14-9-7-13(8-10-14)12-5-3-2-4-6-12/h2-10H,11H2,1H3,(H,17,19). The van der Waals surface area contributed by atoms with Crippen LogP contribution in [0.4, 0.5) is 0 Å². The zero-order valence-corrected chi connectivity index (χ0v) is 11.1. The van der Waals surface area contributed by atoms with Crippen LogP contribution in [0.15, 0.2) is 54.6 Å². The summed E-state index contributed by atoms with van der Waals surface area (Å²) >= 11 is 0. The molecule has 0 fully saturated rings. The maximum absolute atomic E-state index is 11.8. The number of rotatable bonds is 4. The molecule has 0 spiro atoms. The van der Waals surface area contributed by atoms with Gasteiger partial charge < -0.3 is 10.1 Å². The second kappa shape index (κ2) is 6.52. The van der Waals surface area contributed by atoms with Gasteiger partial charge >= 0.3 is 5.97 Å². The van der Waals surface area contributed by atoms with Gasteiger partial charge in [-0.05, 0) is 23.3 Å². The van der Waals surface area contributed by atoms with Crippen molar-refractivity contribution in [3.63, 3.8) is 0 Å². The van der Waals surface area contributed by atoms with Gasteiger partial charge in [0.2, 0.25) is 0 Å². The summed E-state index contributed by atoms with van der Waals surface area (Å²) in [4.78, 5) is 22.7. The quantitative estimate of drug-likeness (QED) is 0.866. The van der Waals surface area contributed by atoms with Crippen molar-refractivity contribution >= 4 is 11.9 Å². The topological polar surface area (TPSA) is 55.4 Å². The Labute approximate surface area is 117 Å². The molecule has 2 rings (SSSR count). The second-order valence-electron chi connectivity index (χ2n) is 4.20. The van der Waals surface area contributed by atoms with Crippen molar-refractivity contribution in [1.29, 1.82) is 0 Å². The number of methoxy groups -OCH3 is 1. The SMILES string of the molecule is COC(=O)CNC(=O)c1ccc(-c2ccccc2)cc1. The number of hydrogen-bond acceptors (Lipinski definition) is 3. The highest BCUT2D eigenvalue weighted by molar-refractivity contribution is 5.96. The predicted molar refractivity (Wildman–Crippen MR) is 76.2 cm³/mol. The fourth-order valence-electron chi connectivity index (χ4n) is 1.77. The van der Waals surface area contributed by atoms with Crippen LogP contribution in [0.5, 0.6) is 0 Å². The first-order valence-corrected chi connectivity index (χ1v) is 6.21. The Morgan fingerprint density at radius 2 is 1.55 bits per heavy atom. The molecule has 0 aliphatic carbocycles. The van der Waals surface area contributed by atoms with Gasteiger partial charge in [-0.1, -0.05) is 42.5 Å². The Morgan fingerprint density at radius 1 is 0.950 bits per heavy atom. The van der Waals surface area contributed by atoms with Crippen molar-refractivity contribution in [3.8, 4) is 11.1 Å². The maximum Gasteiger partial charge on any atom is 0.325 e. The van der Waals surface area contributed by atoms with Crippen LogP contribution in [-0.4, -0.2) is 25.5 Å². The van der Waals surface area contributed by atoms with E-state index in [2.05, 4.69) is 10.1 Å². The molecule has 0 unspecified atom stereocenters. The van der Waals surface area contributed by atoms with E-state index in [1.54, 1.807) is 12.1 Å². The van der Waals surface area contributed by atoms with E-state index < -0.39 is 5.97 Å². The van der Waals surface area contributed by atoms with Crippen molar-refractivity contribution in [2.24, 2.45) is 0 Å². The van der Waals surface area contributed by atoms with E-state index in [4.69, 9.17) is 0 Å². The summed E-state index contributed by atoms with van der Waals surface area (Å²) in [7, 11) is 1.28. The normalized spacial score (nSPS) is 9.85. The van der Waals surface area contributed by atoms with Crippen LogP contribution in [0.25, 0.3) is 11.1 Å². The number of nitrogens with one attached hydrogen (secondary N) is 1. The lowest BCUT2D eigenvalue weighted by Crippen LogP contribution is -2.30. The number of hydrogen-bond donors (Lipinski definition) is 1. The Balaban J connectivity index is 2.05. The molecule has 0 radical (unpaired) electrons. The zero-order chi connectivity index (χ0) is 14.4. The Morgan fingerprint density at radius 3 is 2.15 bits per heavy atom. The molecule has 102 valence electrons. The first-order valence-electron chi connectivity index (χ1n) is 6.21. The molecule has 0 aliphatic heterocycles. The summed E-state index contributed by atoms with van der Waals surface area (Å²) in [5.74, 6) is -0.769. The number of carbonyl (C=O) groups excluding carboxylic acids is 2. The monoisotopic (exact) mass is 269 g/mol. The molecule has 0 saturated carbocycles. The summed E-state index contributed by atoms with van der Waals surface area (Å²) < 4.78 is 4.46. The van der Waals surface area contributed by atoms with Gasteiger partial charge in [0.25, 0.3) is 5.91 Å². The molecule has 2 aromatic rings. The summed E-state index contributed by atoms with van der Waals surface area (Å²) in [6.45, 7) is -0.129. The van der Waals surface area contributed by atoms with Crippen molar-refractivity contribution in [2.75, 3.05) is 13.7 Å². The van der Waals surface area contributed by atoms with Crippen molar-refractivity contribution < 1.29 is 14.3 Å². The smallest absolute Gasteiger partial charge is 0.325 e. The predicted octanol–water partition coefficient (Wildman–Crippen LogP) is 2.26. The van der Waals surface area contributed by atoms with E-state index in [0.717, 1.165) is 11.1 Å². The average molecular weight is 269 g/mol. The molecule has 0 aliphatic rings. The number of benzene rings is 2. The number of esters is 1. The molecule has 0 bridgehead atoms. The molecule has 1 N–H and O–H groups in total. The third-order valence-corrected chi connectivity index (χ3v) is 2.88. The van der Waals surface area contributed by atoms with Crippen LogP contribution >= 0.6 is 0 Å². The van der Waals surface area contributed by atoms with Gasteiger partial charge in [0.1, 0.15) is 6.54 Å². The lowest BCUT2D eigenvalue weighted by atomic mass is 10.0. The summed E-state index contributed by atoms with van der Waals surface area (Å²) in [5, 5.41) is 2.50. The summed E-state index contributed by atoms with van der Waals surface area (Å²) in [5.41, 5.74) is 2.64. The first-order chi connectivity index (χ1) is 9.70. The van der Waals surface area contributed by atoms with E-state index in [0.29, 0.717) is 5.56 Å². The molecule has 20 heavy (non-hydrogen) atoms. The molecular formula is C16H15NO3. The van der Waals surface area contributed by atoms with E-state index in [9.17, 15) is 9.59 Å². The van der Waals surface area contributed by atoms with Crippen LogP contribution in [0.3, 0.4) is 0 Å². The minimum Gasteiger partial charge on any atom is -0.468 e. The van der Waals surface area contributed by atoms with Gasteiger partial charge in [0.15, 0.2) is 0 Å². The zero-order valence-electron chi connectivity index (χ0n) is 11.1.